The Balaban J connectivity index is 1.42. The molecular weight excluding hydrogens is 432 g/mol. The highest BCUT2D eigenvalue weighted by atomic mass is 32.2. The molecule has 2 aromatic rings. The number of rotatable bonds is 3. The molecule has 6 rings (SSSR count). The summed E-state index contributed by atoms with van der Waals surface area (Å²) >= 11 is 0. The zero-order valence-electron chi connectivity index (χ0n) is 16.5. The second-order valence-electron chi connectivity index (χ2n) is 8.21. The number of benzene rings is 2. The lowest BCUT2D eigenvalue weighted by Gasteiger charge is -2.55. The van der Waals surface area contributed by atoms with Gasteiger partial charge in [-0.05, 0) is 61.6 Å². The number of alkyl halides is 3. The smallest absolute Gasteiger partial charge is 0.419 e. The third-order valence-electron chi connectivity index (χ3n) is 6.53. The van der Waals surface area contributed by atoms with Gasteiger partial charge in [0.15, 0.2) is 0 Å². The Hall–Kier alpha value is -2.42. The van der Waals surface area contributed by atoms with E-state index in [0.29, 0.717) is 23.6 Å². The summed E-state index contributed by atoms with van der Waals surface area (Å²) in [5.74, 6) is 0.394. The van der Waals surface area contributed by atoms with Gasteiger partial charge in [-0.15, -0.1) is 0 Å². The van der Waals surface area contributed by atoms with E-state index in [-0.39, 0.29) is 11.2 Å². The summed E-state index contributed by atoms with van der Waals surface area (Å²) in [5, 5.41) is 0. The number of fused-ring (bicyclic) bond motifs is 2. The van der Waals surface area contributed by atoms with E-state index in [9.17, 15) is 21.8 Å². The quantitative estimate of drug-likeness (QED) is 0.601. The molecule has 3 fully saturated rings. The second kappa shape index (κ2) is 7.32. The molecule has 4 nitrogen and oxygen atoms in total. The average molecular weight is 452 g/mol. The van der Waals surface area contributed by atoms with Gasteiger partial charge < -0.3 is 9.64 Å². The fourth-order valence-electron chi connectivity index (χ4n) is 5.01. The van der Waals surface area contributed by atoms with Crippen molar-refractivity contribution < 1.29 is 26.5 Å². The average Bonchev–Trinajstić information content (AvgIpc) is 2.75. The van der Waals surface area contributed by atoms with Crippen molar-refractivity contribution >= 4 is 16.8 Å². The van der Waals surface area contributed by atoms with E-state index in [2.05, 4.69) is 9.30 Å². The van der Waals surface area contributed by atoms with Gasteiger partial charge in [0.1, 0.15) is 34.1 Å². The molecule has 3 heterocycles. The fourth-order valence-corrected chi connectivity index (χ4v) is 5.92. The Bertz CT molecular complexity index is 1060. The molecule has 2 saturated heterocycles. The van der Waals surface area contributed by atoms with Crippen LogP contribution in [-0.4, -0.2) is 33.3 Å². The van der Waals surface area contributed by atoms with Gasteiger partial charge in [0.05, 0.1) is 16.7 Å². The van der Waals surface area contributed by atoms with Crippen molar-refractivity contribution in [3.05, 3.63) is 59.4 Å². The first-order valence-corrected chi connectivity index (χ1v) is 11.4. The minimum absolute atomic E-state index is 0.0870. The molecule has 3 aliphatic heterocycles. The second-order valence-corrected chi connectivity index (χ2v) is 9.45. The zero-order valence-corrected chi connectivity index (χ0v) is 17.3. The molecule has 0 amide bonds. The topological polar surface area (TPSA) is 41.9 Å². The number of nitrogens with zero attached hydrogens (tertiary/aromatic N) is 2. The first-order chi connectivity index (χ1) is 14.8. The highest BCUT2D eigenvalue weighted by Gasteiger charge is 2.51. The van der Waals surface area contributed by atoms with Crippen LogP contribution < -0.4 is 4.74 Å². The summed E-state index contributed by atoms with van der Waals surface area (Å²) in [6, 6.07) is 10.2. The third kappa shape index (κ3) is 3.52. The van der Waals surface area contributed by atoms with Crippen LogP contribution in [0, 0.1) is 5.82 Å². The Morgan fingerprint density at radius 2 is 1.74 bits per heavy atom. The summed E-state index contributed by atoms with van der Waals surface area (Å²) in [5.41, 5.74) is -0.610. The largest absolute Gasteiger partial charge is 0.457 e. The molecule has 9 heteroatoms. The molecule has 1 unspecified atom stereocenters. The van der Waals surface area contributed by atoms with Gasteiger partial charge in [0.2, 0.25) is 0 Å². The number of hydrogen-bond acceptors (Lipinski definition) is 3. The molecule has 164 valence electrons. The number of piperidine rings is 2. The Morgan fingerprint density at radius 3 is 2.42 bits per heavy atom. The minimum Gasteiger partial charge on any atom is -0.457 e. The van der Waals surface area contributed by atoms with Crippen molar-refractivity contribution in [2.45, 2.75) is 43.3 Å². The van der Waals surface area contributed by atoms with E-state index in [0.717, 1.165) is 49.7 Å². The summed E-state index contributed by atoms with van der Waals surface area (Å²) < 4.78 is 74.5. The van der Waals surface area contributed by atoms with Crippen LogP contribution in [0.25, 0.3) is 0 Å². The van der Waals surface area contributed by atoms with Crippen LogP contribution in [0.4, 0.5) is 17.6 Å². The zero-order chi connectivity index (χ0) is 21.8. The first kappa shape index (κ1) is 20.5. The van der Waals surface area contributed by atoms with Crippen molar-refractivity contribution in [1.29, 1.82) is 0 Å². The van der Waals surface area contributed by atoms with E-state index in [1.54, 1.807) is 12.1 Å². The van der Waals surface area contributed by atoms with Crippen molar-refractivity contribution in [3.63, 3.8) is 0 Å². The first-order valence-electron chi connectivity index (χ1n) is 10.2. The maximum Gasteiger partial charge on any atom is 0.419 e. The van der Waals surface area contributed by atoms with E-state index in [4.69, 9.17) is 4.74 Å². The summed E-state index contributed by atoms with van der Waals surface area (Å²) in [6.07, 6.45) is -0.826. The van der Waals surface area contributed by atoms with Crippen molar-refractivity contribution in [2.24, 2.45) is 4.40 Å². The molecule has 4 aliphatic rings. The van der Waals surface area contributed by atoms with Crippen LogP contribution in [0.2, 0.25) is 0 Å². The van der Waals surface area contributed by atoms with E-state index < -0.39 is 28.5 Å². The molecule has 1 atom stereocenters. The summed E-state index contributed by atoms with van der Waals surface area (Å²) in [4.78, 5) is 2.30. The molecule has 2 bridgehead atoms. The third-order valence-corrected chi connectivity index (χ3v) is 7.44. The lowest BCUT2D eigenvalue weighted by Crippen LogP contribution is -2.62. The number of halogens is 4. The van der Waals surface area contributed by atoms with Crippen LogP contribution in [-0.2, 0) is 22.6 Å². The molecule has 0 N–H and O–H groups in total. The molecular formula is C22H20F4N2O2S. The predicted molar refractivity (Wildman–Crippen MR) is 109 cm³/mol. The van der Waals surface area contributed by atoms with Gasteiger partial charge in [-0.3, -0.25) is 0 Å². The molecule has 0 aromatic heterocycles. The van der Waals surface area contributed by atoms with Crippen molar-refractivity contribution in [3.8, 4) is 11.5 Å². The van der Waals surface area contributed by atoms with Crippen LogP contribution >= 0.6 is 0 Å². The Kier molecular flexibility index (Phi) is 4.84. The van der Waals surface area contributed by atoms with Gasteiger partial charge in [-0.2, -0.15) is 17.6 Å². The molecule has 1 aliphatic carbocycles. The Morgan fingerprint density at radius 1 is 1.06 bits per heavy atom. The van der Waals surface area contributed by atoms with Gasteiger partial charge in [0.25, 0.3) is 0 Å². The molecule has 31 heavy (non-hydrogen) atoms. The maximum absolute atomic E-state index is 13.5. The van der Waals surface area contributed by atoms with E-state index in [1.807, 2.05) is 12.1 Å². The minimum atomic E-state index is -4.79. The van der Waals surface area contributed by atoms with E-state index in [1.165, 1.54) is 6.07 Å². The van der Waals surface area contributed by atoms with Crippen molar-refractivity contribution in [2.75, 3.05) is 12.3 Å². The number of hydrogen-bond donors (Lipinski definition) is 0. The number of ether oxygens (including phenoxy) is 1. The summed E-state index contributed by atoms with van der Waals surface area (Å²) in [6.45, 7) is 0.755. The summed E-state index contributed by atoms with van der Waals surface area (Å²) in [7, 11) is -1.20. The van der Waals surface area contributed by atoms with Gasteiger partial charge in [0, 0.05) is 12.6 Å². The van der Waals surface area contributed by atoms with Crippen LogP contribution in [0.5, 0.6) is 11.5 Å². The fraction of sp³-hybridized carbons (Fsp3) is 0.409. The van der Waals surface area contributed by atoms with Crippen LogP contribution in [0.1, 0.15) is 36.8 Å². The standard InChI is InChI=1S/C22H20F4N2O2S/c23-19-6-5-17(13-18(19)22(24,25)26)30-16-3-1-14(2-4-16)21-9-7-15(8-10-21)28-11-12-31(29)27-20(21)28/h1-6,13,15H,7-12H2. The molecule has 1 saturated carbocycles. The molecule has 0 radical (unpaired) electrons. The van der Waals surface area contributed by atoms with Gasteiger partial charge in [-0.25, -0.2) is 8.60 Å². The van der Waals surface area contributed by atoms with E-state index >= 15 is 0 Å². The van der Waals surface area contributed by atoms with Gasteiger partial charge >= 0.3 is 6.18 Å². The SMILES string of the molecule is O=S1CCN2C(=N1)C1(c3ccc(Oc4ccc(F)c(C(F)(F)F)c4)cc3)CCC2CC1. The van der Waals surface area contributed by atoms with Crippen molar-refractivity contribution in [1.82, 2.24) is 4.90 Å². The number of amidine groups is 1. The Labute approximate surface area is 179 Å². The van der Waals surface area contributed by atoms with Crippen LogP contribution in [0.3, 0.4) is 0 Å². The highest BCUT2D eigenvalue weighted by molar-refractivity contribution is 7.83. The monoisotopic (exact) mass is 452 g/mol. The van der Waals surface area contributed by atoms with Gasteiger partial charge in [-0.1, -0.05) is 12.1 Å². The molecule has 0 spiro atoms. The van der Waals surface area contributed by atoms with Crippen LogP contribution in [0.15, 0.2) is 46.9 Å². The predicted octanol–water partition coefficient (Wildman–Crippen LogP) is 5.21. The lowest BCUT2D eigenvalue weighted by molar-refractivity contribution is -0.140. The lowest BCUT2D eigenvalue weighted by atomic mass is 9.63. The normalized spacial score (nSPS) is 27.6. The molecule has 2 aromatic carbocycles. The maximum atomic E-state index is 13.5. The highest BCUT2D eigenvalue weighted by Crippen LogP contribution is 2.49.